The summed E-state index contributed by atoms with van der Waals surface area (Å²) in [6.07, 6.45) is 6.27. The quantitative estimate of drug-likeness (QED) is 0.763. The number of carbonyl (C=O) groups is 1. The van der Waals surface area contributed by atoms with Crippen LogP contribution in [-0.2, 0) is 10.2 Å². The second-order valence-corrected chi connectivity index (χ2v) is 7.23. The van der Waals surface area contributed by atoms with Crippen LogP contribution in [0.1, 0.15) is 44.1 Å². The molecule has 2 bridgehead atoms. The maximum Gasteiger partial charge on any atom is 0.233 e. The van der Waals surface area contributed by atoms with Gasteiger partial charge in [-0.15, -0.1) is 11.6 Å². The number of piperidine rings is 1. The molecule has 4 rings (SSSR count). The number of amides is 1. The normalized spacial score (nSPS) is 34.0. The van der Waals surface area contributed by atoms with Crippen molar-refractivity contribution in [3.63, 3.8) is 0 Å². The van der Waals surface area contributed by atoms with Crippen LogP contribution in [0.4, 0.5) is 0 Å². The summed E-state index contributed by atoms with van der Waals surface area (Å²) in [5.74, 6) is 0.375. The van der Waals surface area contributed by atoms with Crippen LogP contribution in [0.15, 0.2) is 30.3 Å². The number of hydrogen-bond donors (Lipinski definition) is 0. The third kappa shape index (κ3) is 1.81. The molecule has 2 aliphatic heterocycles. The lowest BCUT2D eigenvalue weighted by molar-refractivity contribution is -0.138. The molecule has 1 aliphatic carbocycles. The molecule has 2 atom stereocenters. The Kier molecular flexibility index (Phi) is 2.85. The van der Waals surface area contributed by atoms with Gasteiger partial charge in [0.1, 0.15) is 0 Å². The highest BCUT2D eigenvalue weighted by Gasteiger charge is 2.56. The molecule has 0 radical (unpaired) electrons. The van der Waals surface area contributed by atoms with E-state index in [9.17, 15) is 4.79 Å². The van der Waals surface area contributed by atoms with Crippen LogP contribution < -0.4 is 0 Å². The van der Waals surface area contributed by atoms with E-state index in [2.05, 4.69) is 17.0 Å². The molecule has 0 N–H and O–H groups in total. The topological polar surface area (TPSA) is 20.3 Å². The van der Waals surface area contributed by atoms with E-state index >= 15 is 0 Å². The van der Waals surface area contributed by atoms with E-state index in [1.165, 1.54) is 5.56 Å². The summed E-state index contributed by atoms with van der Waals surface area (Å²) in [7, 11) is 0. The number of halogens is 1. The van der Waals surface area contributed by atoms with Crippen LogP contribution in [0.2, 0.25) is 0 Å². The van der Waals surface area contributed by atoms with Crippen molar-refractivity contribution in [2.45, 2.75) is 61.4 Å². The van der Waals surface area contributed by atoms with Crippen LogP contribution in [0.25, 0.3) is 0 Å². The second kappa shape index (κ2) is 4.49. The zero-order chi connectivity index (χ0) is 13.7. The van der Waals surface area contributed by atoms with Gasteiger partial charge in [0.2, 0.25) is 5.91 Å². The maximum atomic E-state index is 13.1. The van der Waals surface area contributed by atoms with Gasteiger partial charge in [0.25, 0.3) is 0 Å². The maximum absolute atomic E-state index is 13.1. The zero-order valence-corrected chi connectivity index (χ0v) is 12.4. The predicted octanol–water partition coefficient (Wildman–Crippen LogP) is 3.48. The van der Waals surface area contributed by atoms with Gasteiger partial charge in [-0.2, -0.15) is 0 Å². The Balaban J connectivity index is 1.62. The van der Waals surface area contributed by atoms with E-state index in [1.54, 1.807) is 0 Å². The van der Waals surface area contributed by atoms with E-state index in [-0.39, 0.29) is 10.8 Å². The van der Waals surface area contributed by atoms with E-state index in [4.69, 9.17) is 11.6 Å². The largest absolute Gasteiger partial charge is 0.336 e. The van der Waals surface area contributed by atoms with Gasteiger partial charge in [-0.1, -0.05) is 30.3 Å². The van der Waals surface area contributed by atoms with Crippen LogP contribution in [-0.4, -0.2) is 28.3 Å². The van der Waals surface area contributed by atoms with Crippen molar-refractivity contribution in [1.29, 1.82) is 0 Å². The first-order valence-electron chi connectivity index (χ1n) is 7.73. The minimum absolute atomic E-state index is 0.207. The van der Waals surface area contributed by atoms with Gasteiger partial charge in [0.05, 0.1) is 5.41 Å². The molecule has 1 aromatic rings. The molecule has 2 heterocycles. The smallest absolute Gasteiger partial charge is 0.233 e. The van der Waals surface area contributed by atoms with Crippen molar-refractivity contribution in [2.24, 2.45) is 0 Å². The van der Waals surface area contributed by atoms with Crippen molar-refractivity contribution in [1.82, 2.24) is 4.90 Å². The molecule has 3 heteroatoms. The fraction of sp³-hybridized carbons (Fsp3) is 0.588. The average molecular weight is 290 g/mol. The number of carbonyl (C=O) groups excluding carboxylic acids is 1. The third-order valence-corrected chi connectivity index (χ3v) is 5.75. The summed E-state index contributed by atoms with van der Waals surface area (Å²) in [4.78, 5) is 15.3. The average Bonchev–Trinajstić information content (AvgIpc) is 3.22. The highest BCUT2D eigenvalue weighted by atomic mass is 35.5. The predicted molar refractivity (Wildman–Crippen MR) is 79.9 cm³/mol. The zero-order valence-electron chi connectivity index (χ0n) is 11.6. The Morgan fingerprint density at radius 1 is 1.10 bits per heavy atom. The summed E-state index contributed by atoms with van der Waals surface area (Å²) >= 11 is 6.33. The molecule has 0 spiro atoms. The molecule has 20 heavy (non-hydrogen) atoms. The molecule has 2 unspecified atom stereocenters. The SMILES string of the molecule is O=C(N1C2CCC1CC(Cl)C2)C1(c2ccccc2)CC1. The van der Waals surface area contributed by atoms with E-state index in [0.29, 0.717) is 18.0 Å². The van der Waals surface area contributed by atoms with Gasteiger partial charge >= 0.3 is 0 Å². The lowest BCUT2D eigenvalue weighted by Crippen LogP contribution is -2.50. The van der Waals surface area contributed by atoms with E-state index in [1.807, 2.05) is 18.2 Å². The first-order valence-corrected chi connectivity index (χ1v) is 8.17. The monoisotopic (exact) mass is 289 g/mol. The first kappa shape index (κ1) is 12.7. The van der Waals surface area contributed by atoms with Gasteiger partial charge in [-0.25, -0.2) is 0 Å². The molecule has 1 saturated carbocycles. The Labute approximate surface area is 125 Å². The summed E-state index contributed by atoms with van der Waals surface area (Å²) in [5, 5.41) is 0.267. The molecule has 3 aliphatic rings. The van der Waals surface area contributed by atoms with E-state index in [0.717, 1.165) is 38.5 Å². The lowest BCUT2D eigenvalue weighted by Gasteiger charge is -2.39. The van der Waals surface area contributed by atoms with Gasteiger partial charge in [-0.3, -0.25) is 4.79 Å². The van der Waals surface area contributed by atoms with Gasteiger partial charge in [-0.05, 0) is 44.1 Å². The van der Waals surface area contributed by atoms with Gasteiger partial charge < -0.3 is 4.90 Å². The Bertz CT molecular complexity index is 511. The number of fused-ring (bicyclic) bond motifs is 2. The lowest BCUT2D eigenvalue weighted by atomic mass is 9.91. The molecule has 2 saturated heterocycles. The Hall–Kier alpha value is -1.02. The van der Waals surface area contributed by atoms with Gasteiger partial charge in [0, 0.05) is 17.5 Å². The van der Waals surface area contributed by atoms with Gasteiger partial charge in [0.15, 0.2) is 0 Å². The van der Waals surface area contributed by atoms with Crippen LogP contribution in [0.3, 0.4) is 0 Å². The van der Waals surface area contributed by atoms with Crippen molar-refractivity contribution in [2.75, 3.05) is 0 Å². The molecule has 1 aromatic carbocycles. The molecule has 106 valence electrons. The molecule has 2 nitrogen and oxygen atoms in total. The highest BCUT2D eigenvalue weighted by Crippen LogP contribution is 2.52. The van der Waals surface area contributed by atoms with Crippen molar-refractivity contribution in [3.05, 3.63) is 35.9 Å². The third-order valence-electron chi connectivity index (χ3n) is 5.40. The summed E-state index contributed by atoms with van der Waals surface area (Å²) in [6, 6.07) is 11.1. The van der Waals surface area contributed by atoms with Crippen molar-refractivity contribution < 1.29 is 4.79 Å². The number of alkyl halides is 1. The summed E-state index contributed by atoms with van der Waals surface area (Å²) in [5.41, 5.74) is 0.999. The number of benzene rings is 1. The van der Waals surface area contributed by atoms with Crippen LogP contribution >= 0.6 is 11.6 Å². The Morgan fingerprint density at radius 2 is 1.70 bits per heavy atom. The van der Waals surface area contributed by atoms with Crippen LogP contribution in [0.5, 0.6) is 0 Å². The Morgan fingerprint density at radius 3 is 2.25 bits per heavy atom. The van der Waals surface area contributed by atoms with Crippen LogP contribution in [0, 0.1) is 0 Å². The minimum Gasteiger partial charge on any atom is -0.336 e. The fourth-order valence-electron chi connectivity index (χ4n) is 4.20. The number of hydrogen-bond acceptors (Lipinski definition) is 1. The fourth-order valence-corrected chi connectivity index (χ4v) is 4.61. The van der Waals surface area contributed by atoms with Crippen molar-refractivity contribution in [3.8, 4) is 0 Å². The standard InChI is InChI=1S/C17H20ClNO/c18-13-10-14-6-7-15(11-13)19(14)16(20)17(8-9-17)12-4-2-1-3-5-12/h1-5,13-15H,6-11H2. The van der Waals surface area contributed by atoms with E-state index < -0.39 is 0 Å². The first-order chi connectivity index (χ1) is 9.71. The molecular weight excluding hydrogens is 270 g/mol. The van der Waals surface area contributed by atoms with Crippen molar-refractivity contribution >= 4 is 17.5 Å². The molecular formula is C17H20ClNO. The second-order valence-electron chi connectivity index (χ2n) is 6.61. The number of rotatable bonds is 2. The number of nitrogens with zero attached hydrogens (tertiary/aromatic N) is 1. The summed E-state index contributed by atoms with van der Waals surface area (Å²) in [6.45, 7) is 0. The highest BCUT2D eigenvalue weighted by molar-refractivity contribution is 6.20. The summed E-state index contributed by atoms with van der Waals surface area (Å²) < 4.78 is 0. The molecule has 1 amide bonds. The molecule has 0 aromatic heterocycles. The minimum atomic E-state index is -0.207. The molecule has 3 fully saturated rings.